The van der Waals surface area contributed by atoms with Crippen LogP contribution in [-0.2, 0) is 4.79 Å². The highest BCUT2D eigenvalue weighted by atomic mass is 35.5. The van der Waals surface area contributed by atoms with Gasteiger partial charge in [0, 0.05) is 16.4 Å². The zero-order valence-electron chi connectivity index (χ0n) is 15.3. The Balaban J connectivity index is 1.63. The van der Waals surface area contributed by atoms with Crippen LogP contribution in [0.2, 0.25) is 5.02 Å². The minimum atomic E-state index is -0.760. The molecule has 0 aromatic heterocycles. The molecule has 0 aliphatic heterocycles. The number of para-hydroxylation sites is 1. The molecule has 6 nitrogen and oxygen atoms in total. The van der Waals surface area contributed by atoms with Crippen molar-refractivity contribution in [2.45, 2.75) is 31.2 Å². The average Bonchev–Trinajstić information content (AvgIpc) is 3.17. The van der Waals surface area contributed by atoms with Crippen LogP contribution in [0.3, 0.4) is 0 Å². The second-order valence-corrected chi connectivity index (χ2v) is 7.25. The van der Waals surface area contributed by atoms with Gasteiger partial charge in [0.25, 0.3) is 5.91 Å². The second-order valence-electron chi connectivity index (χ2n) is 6.81. The Kier molecular flexibility index (Phi) is 6.17. The third-order valence-corrected chi connectivity index (χ3v) is 5.01. The summed E-state index contributed by atoms with van der Waals surface area (Å²) in [5, 5.41) is 18.6. The molecule has 1 aliphatic rings. The van der Waals surface area contributed by atoms with Gasteiger partial charge in [-0.1, -0.05) is 23.7 Å². The van der Waals surface area contributed by atoms with E-state index in [1.54, 1.807) is 48.5 Å². The molecule has 0 atom stereocenters. The van der Waals surface area contributed by atoms with Crippen LogP contribution in [0.15, 0.2) is 48.5 Å². The predicted molar refractivity (Wildman–Crippen MR) is 109 cm³/mol. The van der Waals surface area contributed by atoms with E-state index in [-0.39, 0.29) is 18.4 Å². The number of hydrogen-bond acceptors (Lipinski definition) is 4. The highest BCUT2D eigenvalue weighted by Gasteiger charge is 2.35. The van der Waals surface area contributed by atoms with E-state index in [2.05, 4.69) is 22.0 Å². The van der Waals surface area contributed by atoms with Gasteiger partial charge in [-0.05, 0) is 62.1 Å². The van der Waals surface area contributed by atoms with E-state index < -0.39 is 5.54 Å². The molecular formula is C21H21ClN4O2. The summed E-state index contributed by atoms with van der Waals surface area (Å²) >= 11 is 5.86. The number of rotatable bonds is 6. The fourth-order valence-electron chi connectivity index (χ4n) is 3.30. The summed E-state index contributed by atoms with van der Waals surface area (Å²) in [4.78, 5) is 24.9. The van der Waals surface area contributed by atoms with Gasteiger partial charge in [0.05, 0.1) is 18.2 Å². The number of halogens is 1. The molecule has 0 radical (unpaired) electrons. The van der Waals surface area contributed by atoms with E-state index in [9.17, 15) is 14.9 Å². The molecule has 2 amide bonds. The molecule has 28 heavy (non-hydrogen) atoms. The molecule has 0 spiro atoms. The Bertz CT molecular complexity index is 899. The van der Waals surface area contributed by atoms with Crippen LogP contribution in [0, 0.1) is 11.3 Å². The van der Waals surface area contributed by atoms with Crippen molar-refractivity contribution in [1.82, 2.24) is 5.32 Å². The third kappa shape index (κ3) is 4.81. The second kappa shape index (κ2) is 8.77. The summed E-state index contributed by atoms with van der Waals surface area (Å²) in [5.74, 6) is -0.563. The molecule has 144 valence electrons. The van der Waals surface area contributed by atoms with E-state index >= 15 is 0 Å². The first-order valence-corrected chi connectivity index (χ1v) is 9.51. The van der Waals surface area contributed by atoms with E-state index in [0.717, 1.165) is 12.8 Å². The molecule has 3 N–H and O–H groups in total. The van der Waals surface area contributed by atoms with Gasteiger partial charge in [-0.15, -0.1) is 0 Å². The van der Waals surface area contributed by atoms with Crippen LogP contribution in [0.1, 0.15) is 36.0 Å². The summed E-state index contributed by atoms with van der Waals surface area (Å²) in [5.41, 5.74) is 0.825. The highest BCUT2D eigenvalue weighted by Crippen LogP contribution is 2.28. The first-order valence-electron chi connectivity index (χ1n) is 9.13. The van der Waals surface area contributed by atoms with E-state index in [4.69, 9.17) is 11.6 Å². The van der Waals surface area contributed by atoms with Crippen molar-refractivity contribution in [2.75, 3.05) is 17.2 Å². The number of amides is 2. The number of nitriles is 1. The van der Waals surface area contributed by atoms with Crippen LogP contribution in [-0.4, -0.2) is 23.9 Å². The maximum absolute atomic E-state index is 12.6. The predicted octanol–water partition coefficient (Wildman–Crippen LogP) is 3.96. The average molecular weight is 397 g/mol. The molecule has 7 heteroatoms. The molecule has 1 aliphatic carbocycles. The van der Waals surface area contributed by atoms with Crippen molar-refractivity contribution in [2.24, 2.45) is 0 Å². The summed E-state index contributed by atoms with van der Waals surface area (Å²) < 4.78 is 0. The maximum atomic E-state index is 12.6. The monoisotopic (exact) mass is 396 g/mol. The number of carbonyl (C=O) groups is 2. The molecule has 0 saturated heterocycles. The quantitative estimate of drug-likeness (QED) is 0.688. The summed E-state index contributed by atoms with van der Waals surface area (Å²) in [6.07, 6.45) is 3.23. The lowest BCUT2D eigenvalue weighted by Crippen LogP contribution is -2.47. The van der Waals surface area contributed by atoms with E-state index in [1.165, 1.54) is 0 Å². The highest BCUT2D eigenvalue weighted by molar-refractivity contribution is 6.30. The molecule has 2 aromatic carbocycles. The zero-order valence-corrected chi connectivity index (χ0v) is 16.1. The number of hydrogen-bond donors (Lipinski definition) is 3. The van der Waals surface area contributed by atoms with Crippen molar-refractivity contribution in [1.29, 1.82) is 5.26 Å². The van der Waals surface area contributed by atoms with Gasteiger partial charge in [-0.2, -0.15) is 5.26 Å². The van der Waals surface area contributed by atoms with Gasteiger partial charge in [-0.3, -0.25) is 9.59 Å². The number of carbonyl (C=O) groups excluding carboxylic acids is 2. The maximum Gasteiger partial charge on any atom is 0.257 e. The fourth-order valence-corrected chi connectivity index (χ4v) is 3.42. The van der Waals surface area contributed by atoms with Crippen LogP contribution in [0.5, 0.6) is 0 Å². The van der Waals surface area contributed by atoms with Crippen LogP contribution in [0.4, 0.5) is 11.4 Å². The first-order chi connectivity index (χ1) is 13.5. The Hall–Kier alpha value is -3.04. The molecule has 2 aromatic rings. The molecule has 0 unspecified atom stereocenters. The van der Waals surface area contributed by atoms with Gasteiger partial charge in [0.15, 0.2) is 0 Å². The minimum absolute atomic E-state index is 0.0192. The van der Waals surface area contributed by atoms with Crippen molar-refractivity contribution in [3.63, 3.8) is 0 Å². The van der Waals surface area contributed by atoms with Crippen molar-refractivity contribution in [3.05, 3.63) is 59.1 Å². The lowest BCUT2D eigenvalue weighted by Gasteiger charge is -2.22. The normalized spacial score (nSPS) is 14.7. The van der Waals surface area contributed by atoms with E-state index in [0.29, 0.717) is 34.8 Å². The Morgan fingerprint density at radius 3 is 2.43 bits per heavy atom. The van der Waals surface area contributed by atoms with Gasteiger partial charge in [-0.25, -0.2) is 0 Å². The Labute approximate surface area is 168 Å². The summed E-state index contributed by atoms with van der Waals surface area (Å²) in [7, 11) is 0. The summed E-state index contributed by atoms with van der Waals surface area (Å²) in [6, 6.07) is 16.0. The van der Waals surface area contributed by atoms with Crippen molar-refractivity contribution >= 4 is 34.8 Å². The Morgan fingerprint density at radius 1 is 1.07 bits per heavy atom. The van der Waals surface area contributed by atoms with Gasteiger partial charge < -0.3 is 16.0 Å². The zero-order chi connectivity index (χ0) is 20.0. The molecule has 0 bridgehead atoms. The molecule has 3 rings (SSSR count). The first kappa shape index (κ1) is 19.7. The number of benzene rings is 2. The topological polar surface area (TPSA) is 94.0 Å². The lowest BCUT2D eigenvalue weighted by molar-refractivity contribution is -0.120. The van der Waals surface area contributed by atoms with E-state index in [1.807, 2.05) is 0 Å². The fraction of sp³-hybridized carbons (Fsp3) is 0.286. The van der Waals surface area contributed by atoms with Crippen LogP contribution in [0.25, 0.3) is 0 Å². The molecule has 0 heterocycles. The van der Waals surface area contributed by atoms with Crippen molar-refractivity contribution < 1.29 is 9.59 Å². The smallest absolute Gasteiger partial charge is 0.257 e. The third-order valence-electron chi connectivity index (χ3n) is 4.76. The standard InChI is InChI=1S/C21H21ClN4O2/c22-15-7-9-16(10-8-15)25-20(28)17-5-1-2-6-18(17)24-13-19(27)26-21(14-23)11-3-4-12-21/h1-2,5-10,24H,3-4,11-13H2,(H,25,28)(H,26,27). The van der Waals surface area contributed by atoms with Crippen LogP contribution >= 0.6 is 11.6 Å². The largest absolute Gasteiger partial charge is 0.376 e. The summed E-state index contributed by atoms with van der Waals surface area (Å²) in [6.45, 7) is -0.0192. The number of nitrogens with one attached hydrogen (secondary N) is 3. The number of nitrogens with zero attached hydrogens (tertiary/aromatic N) is 1. The van der Waals surface area contributed by atoms with Crippen molar-refractivity contribution in [3.8, 4) is 6.07 Å². The molecule has 1 saturated carbocycles. The van der Waals surface area contributed by atoms with Gasteiger partial charge >= 0.3 is 0 Å². The molecule has 1 fully saturated rings. The van der Waals surface area contributed by atoms with Crippen LogP contribution < -0.4 is 16.0 Å². The lowest BCUT2D eigenvalue weighted by atomic mass is 10.00. The Morgan fingerprint density at radius 2 is 1.75 bits per heavy atom. The minimum Gasteiger partial charge on any atom is -0.376 e. The van der Waals surface area contributed by atoms with Gasteiger partial charge in [0.1, 0.15) is 5.54 Å². The molecular weight excluding hydrogens is 376 g/mol. The SMILES string of the molecule is N#CC1(NC(=O)CNc2ccccc2C(=O)Nc2ccc(Cl)cc2)CCCC1. The number of anilines is 2. The van der Waals surface area contributed by atoms with Gasteiger partial charge in [0.2, 0.25) is 5.91 Å².